The monoisotopic (exact) mass is 348 g/mol. The molecule has 25 heavy (non-hydrogen) atoms. The van der Waals surface area contributed by atoms with Crippen molar-refractivity contribution in [1.82, 2.24) is 4.90 Å². The van der Waals surface area contributed by atoms with Crippen molar-refractivity contribution in [2.24, 2.45) is 5.73 Å². The van der Waals surface area contributed by atoms with Crippen molar-refractivity contribution in [1.29, 1.82) is 0 Å². The molecule has 8 heteroatoms. The Kier molecular flexibility index (Phi) is 4.89. The zero-order valence-electron chi connectivity index (χ0n) is 13.9. The second-order valence-corrected chi connectivity index (χ2v) is 6.00. The summed E-state index contributed by atoms with van der Waals surface area (Å²) in [6.45, 7) is 6.14. The van der Waals surface area contributed by atoms with Crippen LogP contribution in [0, 0.1) is 5.82 Å². The number of anilines is 2. The van der Waals surface area contributed by atoms with E-state index in [4.69, 9.17) is 10.5 Å². The molecule has 0 saturated carbocycles. The molecular weight excluding hydrogens is 327 g/mol. The first-order valence-corrected chi connectivity index (χ1v) is 8.17. The molecule has 0 aromatic heterocycles. The summed E-state index contributed by atoms with van der Waals surface area (Å²) in [5, 5.41) is 0. The number of hydrogen-bond donors (Lipinski definition) is 1. The fraction of sp³-hybridized carbons (Fsp3) is 0.412. The lowest BCUT2D eigenvalue weighted by atomic mass is 10.2. The van der Waals surface area contributed by atoms with E-state index in [2.05, 4.69) is 6.58 Å². The number of ether oxygens (including phenoxy) is 1. The quantitative estimate of drug-likeness (QED) is 0.820. The molecule has 2 heterocycles. The van der Waals surface area contributed by atoms with E-state index in [1.807, 2.05) is 4.90 Å². The zero-order chi connectivity index (χ0) is 18.0. The van der Waals surface area contributed by atoms with Gasteiger partial charge < -0.3 is 20.3 Å². The van der Waals surface area contributed by atoms with E-state index in [1.54, 1.807) is 17.0 Å². The summed E-state index contributed by atoms with van der Waals surface area (Å²) >= 11 is 0. The molecule has 0 bridgehead atoms. The molecule has 2 aliphatic heterocycles. The number of nitrogens with zero attached hydrogens (tertiary/aromatic N) is 3. The van der Waals surface area contributed by atoms with Gasteiger partial charge in [-0.3, -0.25) is 9.69 Å². The van der Waals surface area contributed by atoms with Crippen molar-refractivity contribution < 1.29 is 18.7 Å². The number of piperazine rings is 1. The van der Waals surface area contributed by atoms with Gasteiger partial charge in [-0.1, -0.05) is 6.58 Å². The number of rotatable bonds is 4. The smallest absolute Gasteiger partial charge is 0.414 e. The van der Waals surface area contributed by atoms with E-state index in [-0.39, 0.29) is 18.6 Å². The lowest BCUT2D eigenvalue weighted by Gasteiger charge is -2.35. The van der Waals surface area contributed by atoms with E-state index in [0.717, 1.165) is 0 Å². The summed E-state index contributed by atoms with van der Waals surface area (Å²) in [6.07, 6.45) is 0.402. The van der Waals surface area contributed by atoms with Crippen LogP contribution in [0.1, 0.15) is 0 Å². The fourth-order valence-electron chi connectivity index (χ4n) is 3.07. The molecule has 2 fully saturated rings. The molecular formula is C17H21FN4O3. The highest BCUT2D eigenvalue weighted by Crippen LogP contribution is 2.28. The average molecular weight is 348 g/mol. The van der Waals surface area contributed by atoms with Crippen LogP contribution in [0.2, 0.25) is 0 Å². The third kappa shape index (κ3) is 3.43. The molecule has 134 valence electrons. The predicted octanol–water partition coefficient (Wildman–Crippen LogP) is 0.944. The Morgan fingerprint density at radius 2 is 2.08 bits per heavy atom. The Bertz CT molecular complexity index is 688. The molecule has 1 aromatic rings. The lowest BCUT2D eigenvalue weighted by molar-refractivity contribution is -0.126. The number of hydrogen-bond acceptors (Lipinski definition) is 5. The Morgan fingerprint density at radius 1 is 1.36 bits per heavy atom. The molecule has 1 unspecified atom stereocenters. The first kappa shape index (κ1) is 17.2. The van der Waals surface area contributed by atoms with E-state index in [0.29, 0.717) is 44.1 Å². The number of amides is 2. The van der Waals surface area contributed by atoms with Gasteiger partial charge in [-0.15, -0.1) is 0 Å². The molecule has 2 N–H and O–H groups in total. The normalized spacial score (nSPS) is 20.6. The average Bonchev–Trinajstić information content (AvgIpc) is 3.02. The summed E-state index contributed by atoms with van der Waals surface area (Å²) < 4.78 is 19.7. The summed E-state index contributed by atoms with van der Waals surface area (Å²) in [5.41, 5.74) is 6.41. The molecule has 1 atom stereocenters. The third-order valence-corrected chi connectivity index (χ3v) is 4.49. The van der Waals surface area contributed by atoms with E-state index in [9.17, 15) is 14.0 Å². The predicted molar refractivity (Wildman–Crippen MR) is 92.1 cm³/mol. The molecule has 7 nitrogen and oxygen atoms in total. The van der Waals surface area contributed by atoms with Gasteiger partial charge in [0.05, 0.1) is 17.9 Å². The molecule has 0 spiro atoms. The summed E-state index contributed by atoms with van der Waals surface area (Å²) in [6, 6.07) is 4.68. The fourth-order valence-corrected chi connectivity index (χ4v) is 3.07. The highest BCUT2D eigenvalue weighted by Gasteiger charge is 2.32. The Balaban J connectivity index is 1.70. The van der Waals surface area contributed by atoms with Crippen LogP contribution in [0.15, 0.2) is 30.9 Å². The van der Waals surface area contributed by atoms with E-state index >= 15 is 0 Å². The highest BCUT2D eigenvalue weighted by molar-refractivity contribution is 5.90. The van der Waals surface area contributed by atoms with Gasteiger partial charge in [-0.2, -0.15) is 0 Å². The van der Waals surface area contributed by atoms with Crippen LogP contribution in [0.25, 0.3) is 0 Å². The molecule has 2 saturated heterocycles. The van der Waals surface area contributed by atoms with Gasteiger partial charge in [0.1, 0.15) is 11.9 Å². The van der Waals surface area contributed by atoms with Crippen molar-refractivity contribution in [3.05, 3.63) is 36.7 Å². The number of cyclic esters (lactones) is 1. The summed E-state index contributed by atoms with van der Waals surface area (Å²) in [7, 11) is 0. The topological polar surface area (TPSA) is 79.1 Å². The molecule has 1 aromatic carbocycles. The summed E-state index contributed by atoms with van der Waals surface area (Å²) in [5.74, 6) is -0.525. The van der Waals surface area contributed by atoms with Crippen molar-refractivity contribution in [3.8, 4) is 0 Å². The van der Waals surface area contributed by atoms with Crippen LogP contribution in [0.3, 0.4) is 0 Å². The maximum atomic E-state index is 14.6. The van der Waals surface area contributed by atoms with Crippen LogP contribution in [-0.2, 0) is 9.53 Å². The van der Waals surface area contributed by atoms with Gasteiger partial charge >= 0.3 is 6.09 Å². The second kappa shape index (κ2) is 7.10. The van der Waals surface area contributed by atoms with Gasteiger partial charge in [0, 0.05) is 32.7 Å². The van der Waals surface area contributed by atoms with Crippen LogP contribution in [0.5, 0.6) is 0 Å². The maximum Gasteiger partial charge on any atom is 0.414 e. The number of halogens is 1. The molecule has 2 amide bonds. The lowest BCUT2D eigenvalue weighted by Crippen LogP contribution is -2.48. The van der Waals surface area contributed by atoms with E-state index in [1.165, 1.54) is 17.0 Å². The van der Waals surface area contributed by atoms with Crippen LogP contribution >= 0.6 is 0 Å². The number of carbonyl (C=O) groups is 2. The molecule has 0 aliphatic carbocycles. The zero-order valence-corrected chi connectivity index (χ0v) is 13.9. The number of benzene rings is 1. The molecule has 0 radical (unpaired) electrons. The summed E-state index contributed by atoms with van der Waals surface area (Å²) in [4.78, 5) is 28.4. The number of nitrogens with two attached hydrogens (primary N) is 1. The minimum atomic E-state index is -0.515. The van der Waals surface area contributed by atoms with Crippen LogP contribution in [-0.4, -0.2) is 62.3 Å². The maximum absolute atomic E-state index is 14.6. The van der Waals surface area contributed by atoms with Gasteiger partial charge in [-0.25, -0.2) is 9.18 Å². The van der Waals surface area contributed by atoms with Gasteiger partial charge in [0.2, 0.25) is 5.91 Å². The minimum absolute atomic E-state index is 0.113. The van der Waals surface area contributed by atoms with Gasteiger partial charge in [0.15, 0.2) is 0 Å². The van der Waals surface area contributed by atoms with E-state index < -0.39 is 11.9 Å². The second-order valence-electron chi connectivity index (χ2n) is 6.00. The number of carbonyl (C=O) groups excluding carboxylic acids is 2. The van der Waals surface area contributed by atoms with Crippen molar-refractivity contribution >= 4 is 23.4 Å². The Hall–Kier alpha value is -2.61. The third-order valence-electron chi connectivity index (χ3n) is 4.49. The first-order chi connectivity index (χ1) is 12.0. The first-order valence-electron chi connectivity index (χ1n) is 8.17. The largest absolute Gasteiger partial charge is 0.443 e. The SMILES string of the molecule is C=CC(=O)N1CCN(c2ccc(N3CC(CN)OC3=O)cc2F)CC1. The standard InChI is InChI=1S/C17H21FN4O3/c1-2-16(23)21-7-5-20(6-8-21)15-4-3-12(9-14(15)18)22-11-13(10-19)25-17(22)24/h2-4,9,13H,1,5-8,10-11,19H2. The van der Waals surface area contributed by atoms with Crippen LogP contribution in [0.4, 0.5) is 20.6 Å². The molecule has 3 rings (SSSR count). The Morgan fingerprint density at radius 3 is 2.64 bits per heavy atom. The minimum Gasteiger partial charge on any atom is -0.443 e. The van der Waals surface area contributed by atoms with Crippen molar-refractivity contribution in [2.75, 3.05) is 49.1 Å². The van der Waals surface area contributed by atoms with Gasteiger partial charge in [0.25, 0.3) is 0 Å². The van der Waals surface area contributed by atoms with Crippen molar-refractivity contribution in [3.63, 3.8) is 0 Å². The van der Waals surface area contributed by atoms with Crippen LogP contribution < -0.4 is 15.5 Å². The Labute approximate surface area is 145 Å². The van der Waals surface area contributed by atoms with Crippen molar-refractivity contribution in [2.45, 2.75) is 6.10 Å². The molecule has 2 aliphatic rings. The van der Waals surface area contributed by atoms with Gasteiger partial charge in [-0.05, 0) is 24.3 Å². The highest BCUT2D eigenvalue weighted by atomic mass is 19.1.